The molecule has 0 spiro atoms. The van der Waals surface area contributed by atoms with Gasteiger partial charge in [-0.15, -0.1) is 11.8 Å². The van der Waals surface area contributed by atoms with Crippen LogP contribution >= 0.6 is 11.8 Å². The molecule has 2 aromatic carbocycles. The Labute approximate surface area is 177 Å². The average molecular weight is 406 g/mol. The van der Waals surface area contributed by atoms with Crippen molar-refractivity contribution in [2.24, 2.45) is 10.9 Å². The molecule has 0 amide bonds. The second-order valence-electron chi connectivity index (χ2n) is 7.86. The standard InChI is InChI=1S/C25H27NO2S/c1-3-17-4-8-19(9-5-17)20-10-12-21(13-11-20)24-26-23(25(27)28-24)16-18-6-14-22(29-2)15-7-18/h6-7,10-17,19H,3-5,8-9H2,1-2H3. The van der Waals surface area contributed by atoms with Gasteiger partial charge in [-0.2, -0.15) is 0 Å². The molecule has 0 radical (unpaired) electrons. The molecular formula is C25H27NO2S. The molecule has 4 rings (SSSR count). The van der Waals surface area contributed by atoms with Crippen molar-refractivity contribution in [1.82, 2.24) is 0 Å². The lowest BCUT2D eigenvalue weighted by atomic mass is 9.78. The largest absolute Gasteiger partial charge is 0.402 e. The van der Waals surface area contributed by atoms with Crippen LogP contribution in [0.2, 0.25) is 0 Å². The molecule has 0 bridgehead atoms. The van der Waals surface area contributed by atoms with Crippen molar-refractivity contribution >= 4 is 29.7 Å². The number of carbonyl (C=O) groups is 1. The molecular weight excluding hydrogens is 378 g/mol. The van der Waals surface area contributed by atoms with E-state index in [0.717, 1.165) is 17.0 Å². The van der Waals surface area contributed by atoms with Crippen LogP contribution in [0.15, 0.2) is 64.1 Å². The van der Waals surface area contributed by atoms with E-state index >= 15 is 0 Å². The molecule has 0 aromatic heterocycles. The summed E-state index contributed by atoms with van der Waals surface area (Å²) in [6.07, 6.45) is 10.3. The minimum absolute atomic E-state index is 0.346. The number of esters is 1. The molecule has 0 atom stereocenters. The summed E-state index contributed by atoms with van der Waals surface area (Å²) in [6, 6.07) is 16.5. The van der Waals surface area contributed by atoms with E-state index in [1.165, 1.54) is 42.6 Å². The molecule has 1 heterocycles. The fourth-order valence-electron chi connectivity index (χ4n) is 4.19. The van der Waals surface area contributed by atoms with Crippen molar-refractivity contribution in [2.45, 2.75) is 49.8 Å². The number of thioether (sulfide) groups is 1. The van der Waals surface area contributed by atoms with E-state index in [-0.39, 0.29) is 0 Å². The van der Waals surface area contributed by atoms with Gasteiger partial charge in [0.15, 0.2) is 5.70 Å². The molecule has 1 fully saturated rings. The van der Waals surface area contributed by atoms with Gasteiger partial charge in [-0.05, 0) is 85.2 Å². The monoisotopic (exact) mass is 405 g/mol. The smallest absolute Gasteiger partial charge is 0.363 e. The number of carbonyl (C=O) groups excluding carboxylic acids is 1. The zero-order valence-corrected chi connectivity index (χ0v) is 17.9. The van der Waals surface area contributed by atoms with Crippen LogP contribution in [0.4, 0.5) is 0 Å². The van der Waals surface area contributed by atoms with Crippen molar-refractivity contribution in [3.05, 3.63) is 70.9 Å². The van der Waals surface area contributed by atoms with Gasteiger partial charge in [-0.1, -0.05) is 37.6 Å². The molecule has 0 unspecified atom stereocenters. The van der Waals surface area contributed by atoms with E-state index in [0.29, 0.717) is 17.5 Å². The Morgan fingerprint density at radius 3 is 2.34 bits per heavy atom. The van der Waals surface area contributed by atoms with Gasteiger partial charge >= 0.3 is 5.97 Å². The summed E-state index contributed by atoms with van der Waals surface area (Å²) in [7, 11) is 0. The quantitative estimate of drug-likeness (QED) is 0.326. The molecule has 1 aliphatic carbocycles. The normalized spacial score (nSPS) is 23.2. The highest BCUT2D eigenvalue weighted by atomic mass is 32.2. The molecule has 29 heavy (non-hydrogen) atoms. The summed E-state index contributed by atoms with van der Waals surface area (Å²) in [5.74, 6) is 1.55. The summed E-state index contributed by atoms with van der Waals surface area (Å²) < 4.78 is 5.43. The van der Waals surface area contributed by atoms with Crippen molar-refractivity contribution < 1.29 is 9.53 Å². The number of rotatable bonds is 5. The maximum Gasteiger partial charge on any atom is 0.363 e. The lowest BCUT2D eigenvalue weighted by Gasteiger charge is -2.28. The predicted octanol–water partition coefficient (Wildman–Crippen LogP) is 6.44. The van der Waals surface area contributed by atoms with Gasteiger partial charge in [0.1, 0.15) is 0 Å². The Bertz CT molecular complexity index is 920. The summed E-state index contributed by atoms with van der Waals surface area (Å²) in [5, 5.41) is 0. The number of ether oxygens (including phenoxy) is 1. The molecule has 2 aromatic rings. The minimum atomic E-state index is -0.393. The number of aliphatic imine (C=N–C) groups is 1. The number of nitrogens with zero attached hydrogens (tertiary/aromatic N) is 1. The van der Waals surface area contributed by atoms with E-state index in [1.807, 2.05) is 42.7 Å². The molecule has 3 nitrogen and oxygen atoms in total. The highest BCUT2D eigenvalue weighted by molar-refractivity contribution is 7.98. The summed E-state index contributed by atoms with van der Waals surface area (Å²) in [4.78, 5) is 17.9. The van der Waals surface area contributed by atoms with Crippen molar-refractivity contribution in [3.8, 4) is 0 Å². The zero-order valence-electron chi connectivity index (χ0n) is 17.1. The van der Waals surface area contributed by atoms with Crippen molar-refractivity contribution in [2.75, 3.05) is 6.26 Å². The molecule has 0 N–H and O–H groups in total. The van der Waals surface area contributed by atoms with Crippen LogP contribution in [0.3, 0.4) is 0 Å². The number of hydrogen-bond acceptors (Lipinski definition) is 4. The van der Waals surface area contributed by atoms with Crippen LogP contribution in [0.5, 0.6) is 0 Å². The van der Waals surface area contributed by atoms with E-state index < -0.39 is 5.97 Å². The highest BCUT2D eigenvalue weighted by Gasteiger charge is 2.25. The SMILES string of the molecule is CCC1CCC(c2ccc(C3=NC(=Cc4ccc(SC)cc4)C(=O)O3)cc2)CC1. The first-order valence-electron chi connectivity index (χ1n) is 10.4. The van der Waals surface area contributed by atoms with Crippen LogP contribution in [0.25, 0.3) is 6.08 Å². The first kappa shape index (κ1) is 20.0. The van der Waals surface area contributed by atoms with Crippen LogP contribution in [-0.4, -0.2) is 18.1 Å². The van der Waals surface area contributed by atoms with Gasteiger partial charge in [0.2, 0.25) is 5.90 Å². The topological polar surface area (TPSA) is 38.7 Å². The highest BCUT2D eigenvalue weighted by Crippen LogP contribution is 2.37. The lowest BCUT2D eigenvalue weighted by Crippen LogP contribution is -2.13. The molecule has 0 saturated heterocycles. The fourth-order valence-corrected chi connectivity index (χ4v) is 4.60. The first-order chi connectivity index (χ1) is 14.2. The Hall–Kier alpha value is -2.33. The summed E-state index contributed by atoms with van der Waals surface area (Å²) in [6.45, 7) is 2.30. The third-order valence-corrected chi connectivity index (χ3v) is 6.84. The lowest BCUT2D eigenvalue weighted by molar-refractivity contribution is -0.129. The summed E-state index contributed by atoms with van der Waals surface area (Å²) >= 11 is 1.69. The maximum absolute atomic E-state index is 12.2. The minimum Gasteiger partial charge on any atom is -0.402 e. The van der Waals surface area contributed by atoms with Gasteiger partial charge in [0.05, 0.1) is 0 Å². The van der Waals surface area contributed by atoms with Crippen LogP contribution < -0.4 is 0 Å². The molecule has 4 heteroatoms. The molecule has 2 aliphatic rings. The van der Waals surface area contributed by atoms with E-state index in [4.69, 9.17) is 4.74 Å². The van der Waals surface area contributed by atoms with Gasteiger partial charge in [0.25, 0.3) is 0 Å². The van der Waals surface area contributed by atoms with Gasteiger partial charge in [-0.3, -0.25) is 0 Å². The number of cyclic esters (lactones) is 1. The maximum atomic E-state index is 12.2. The second kappa shape index (κ2) is 9.00. The third kappa shape index (κ3) is 4.64. The van der Waals surface area contributed by atoms with Gasteiger partial charge < -0.3 is 4.74 Å². The van der Waals surface area contributed by atoms with Crippen LogP contribution in [0.1, 0.15) is 61.6 Å². The Balaban J connectivity index is 1.47. The predicted molar refractivity (Wildman–Crippen MR) is 120 cm³/mol. The Morgan fingerprint density at radius 1 is 1.03 bits per heavy atom. The first-order valence-corrected chi connectivity index (χ1v) is 11.7. The Morgan fingerprint density at radius 2 is 1.72 bits per heavy atom. The van der Waals surface area contributed by atoms with Crippen molar-refractivity contribution in [1.29, 1.82) is 0 Å². The molecule has 1 aliphatic heterocycles. The van der Waals surface area contributed by atoms with E-state index in [9.17, 15) is 4.79 Å². The van der Waals surface area contributed by atoms with Crippen LogP contribution in [0, 0.1) is 5.92 Å². The molecule has 150 valence electrons. The molecule has 1 saturated carbocycles. The van der Waals surface area contributed by atoms with Gasteiger partial charge in [-0.25, -0.2) is 9.79 Å². The van der Waals surface area contributed by atoms with Crippen molar-refractivity contribution in [3.63, 3.8) is 0 Å². The third-order valence-electron chi connectivity index (χ3n) is 6.09. The second-order valence-corrected chi connectivity index (χ2v) is 8.74. The van der Waals surface area contributed by atoms with E-state index in [2.05, 4.69) is 24.0 Å². The number of benzene rings is 2. The van der Waals surface area contributed by atoms with Crippen LogP contribution in [-0.2, 0) is 9.53 Å². The van der Waals surface area contributed by atoms with E-state index in [1.54, 1.807) is 17.8 Å². The average Bonchev–Trinajstić information content (AvgIpc) is 3.14. The number of hydrogen-bond donors (Lipinski definition) is 0. The summed E-state index contributed by atoms with van der Waals surface area (Å²) in [5.41, 5.74) is 3.53. The zero-order chi connectivity index (χ0) is 20.2. The van der Waals surface area contributed by atoms with Gasteiger partial charge in [0, 0.05) is 10.5 Å². The Kier molecular flexibility index (Phi) is 6.19. The fraction of sp³-hybridized carbons (Fsp3) is 0.360.